The largest absolute Gasteiger partial charge is 0.483 e. The van der Waals surface area contributed by atoms with Crippen LogP contribution in [0.4, 0.5) is 5.69 Å². The molecule has 2 atom stereocenters. The molecule has 1 aromatic rings. The Bertz CT molecular complexity index is 715. The molecule has 1 aromatic carbocycles. The van der Waals surface area contributed by atoms with Crippen LogP contribution in [0.2, 0.25) is 0 Å². The Hall–Kier alpha value is -1.26. The second-order valence-electron chi connectivity index (χ2n) is 9.50. The minimum atomic E-state index is -0.593. The van der Waals surface area contributed by atoms with E-state index in [1.165, 1.54) is 32.1 Å². The van der Waals surface area contributed by atoms with Gasteiger partial charge in [-0.3, -0.25) is 0 Å². The third-order valence-electron chi connectivity index (χ3n) is 7.63. The lowest BCUT2D eigenvalue weighted by Gasteiger charge is -2.63. The third kappa shape index (κ3) is 1.80. The van der Waals surface area contributed by atoms with Gasteiger partial charge in [-0.05, 0) is 69.9 Å². The predicted molar refractivity (Wildman–Crippen MR) is 94.0 cm³/mol. The fourth-order valence-corrected chi connectivity index (χ4v) is 7.06. The van der Waals surface area contributed by atoms with E-state index in [4.69, 9.17) is 19.9 Å². The molecule has 25 heavy (non-hydrogen) atoms. The molecule has 5 fully saturated rings. The Morgan fingerprint density at radius 3 is 2.32 bits per heavy atom. The van der Waals surface area contributed by atoms with Crippen molar-refractivity contribution in [2.24, 2.45) is 23.7 Å². The first-order valence-electron chi connectivity index (χ1n) is 9.89. The van der Waals surface area contributed by atoms with E-state index in [9.17, 15) is 0 Å². The molecular formula is C21H27NO3. The zero-order valence-corrected chi connectivity index (χ0v) is 15.0. The van der Waals surface area contributed by atoms with E-state index in [2.05, 4.69) is 6.07 Å². The lowest BCUT2D eigenvalue weighted by atomic mass is 9.47. The molecule has 1 saturated heterocycles. The van der Waals surface area contributed by atoms with Crippen molar-refractivity contribution in [2.45, 2.75) is 69.5 Å². The van der Waals surface area contributed by atoms with Gasteiger partial charge in [0.15, 0.2) is 5.79 Å². The fourth-order valence-electron chi connectivity index (χ4n) is 7.06. The van der Waals surface area contributed by atoms with Gasteiger partial charge in [-0.1, -0.05) is 6.07 Å². The first-order chi connectivity index (χ1) is 12.0. The highest BCUT2D eigenvalue weighted by molar-refractivity contribution is 5.58. The van der Waals surface area contributed by atoms with Crippen LogP contribution in [0, 0.1) is 23.7 Å². The van der Waals surface area contributed by atoms with Crippen molar-refractivity contribution in [1.29, 1.82) is 0 Å². The summed E-state index contributed by atoms with van der Waals surface area (Å²) in [4.78, 5) is 0. The fraction of sp³-hybridized carbons (Fsp3) is 0.714. The summed E-state index contributed by atoms with van der Waals surface area (Å²) in [5.41, 5.74) is 7.86. The lowest BCUT2D eigenvalue weighted by molar-refractivity contribution is -0.232. The van der Waals surface area contributed by atoms with Crippen LogP contribution in [0.1, 0.15) is 57.6 Å². The average molecular weight is 341 g/mol. The second-order valence-corrected chi connectivity index (χ2v) is 9.50. The molecule has 2 N–H and O–H groups in total. The van der Waals surface area contributed by atoms with Crippen LogP contribution in [-0.4, -0.2) is 17.5 Å². The van der Waals surface area contributed by atoms with Gasteiger partial charge < -0.3 is 19.9 Å². The number of rotatable bonds is 0. The number of fused-ring (bicyclic) bond motifs is 3. The van der Waals surface area contributed by atoms with Crippen LogP contribution >= 0.6 is 0 Å². The topological polar surface area (TPSA) is 53.7 Å². The zero-order valence-electron chi connectivity index (χ0n) is 15.0. The molecule has 2 aliphatic heterocycles. The van der Waals surface area contributed by atoms with Crippen molar-refractivity contribution in [2.75, 3.05) is 5.73 Å². The number of nitrogens with two attached hydrogens (primary N) is 1. The van der Waals surface area contributed by atoms with Gasteiger partial charge in [0.05, 0.1) is 0 Å². The van der Waals surface area contributed by atoms with Crippen molar-refractivity contribution >= 4 is 5.69 Å². The minimum absolute atomic E-state index is 0.0466. The van der Waals surface area contributed by atoms with Crippen LogP contribution < -0.4 is 10.5 Å². The van der Waals surface area contributed by atoms with Crippen molar-refractivity contribution in [3.05, 3.63) is 23.8 Å². The number of hydrogen-bond acceptors (Lipinski definition) is 4. The Kier molecular flexibility index (Phi) is 2.69. The quantitative estimate of drug-likeness (QED) is 0.723. The van der Waals surface area contributed by atoms with Crippen LogP contribution in [0.3, 0.4) is 0 Å². The average Bonchev–Trinajstić information content (AvgIpc) is 2.87. The van der Waals surface area contributed by atoms with E-state index in [1.54, 1.807) is 0 Å². The van der Waals surface area contributed by atoms with Gasteiger partial charge in [-0.25, -0.2) is 0 Å². The van der Waals surface area contributed by atoms with Crippen LogP contribution in [0.15, 0.2) is 18.2 Å². The molecule has 4 saturated carbocycles. The van der Waals surface area contributed by atoms with E-state index < -0.39 is 5.79 Å². The molecule has 134 valence electrons. The second kappa shape index (κ2) is 4.52. The molecule has 2 heterocycles. The summed E-state index contributed by atoms with van der Waals surface area (Å²) in [7, 11) is 0. The monoisotopic (exact) mass is 341 g/mol. The van der Waals surface area contributed by atoms with Gasteiger partial charge in [-0.2, -0.15) is 0 Å². The molecule has 0 radical (unpaired) electrons. The SMILES string of the molecule is CC1(C)O[C@@H]2c3c(N)cccc3OC3(C4CC5CC(C4)CC3C5)[C@@H]2O1. The highest BCUT2D eigenvalue weighted by Crippen LogP contribution is 2.66. The van der Waals surface area contributed by atoms with Gasteiger partial charge in [0.2, 0.25) is 0 Å². The van der Waals surface area contributed by atoms with Crippen molar-refractivity contribution in [3.63, 3.8) is 0 Å². The summed E-state index contributed by atoms with van der Waals surface area (Å²) < 4.78 is 19.8. The highest BCUT2D eigenvalue weighted by atomic mass is 16.8. The molecule has 1 spiro atoms. The summed E-state index contributed by atoms with van der Waals surface area (Å²) >= 11 is 0. The maximum absolute atomic E-state index is 6.90. The molecule has 4 bridgehead atoms. The highest BCUT2D eigenvalue weighted by Gasteiger charge is 2.69. The lowest BCUT2D eigenvalue weighted by Crippen LogP contribution is -2.68. The molecular weight excluding hydrogens is 314 g/mol. The Morgan fingerprint density at radius 1 is 0.960 bits per heavy atom. The Labute approximate surface area is 149 Å². The first kappa shape index (κ1) is 14.9. The van der Waals surface area contributed by atoms with Gasteiger partial charge >= 0.3 is 0 Å². The third-order valence-corrected chi connectivity index (χ3v) is 7.63. The van der Waals surface area contributed by atoms with E-state index in [0.717, 1.165) is 28.8 Å². The normalized spacial score (nSPS) is 48.2. The first-order valence-corrected chi connectivity index (χ1v) is 9.89. The number of nitrogen functional groups attached to an aromatic ring is 1. The summed E-state index contributed by atoms with van der Waals surface area (Å²) in [5, 5.41) is 0. The van der Waals surface area contributed by atoms with Gasteiger partial charge in [-0.15, -0.1) is 0 Å². The smallest absolute Gasteiger partial charge is 0.164 e. The maximum atomic E-state index is 6.90. The summed E-state index contributed by atoms with van der Waals surface area (Å²) in [6.45, 7) is 4.04. The van der Waals surface area contributed by atoms with Crippen molar-refractivity contribution < 1.29 is 14.2 Å². The molecule has 0 amide bonds. The van der Waals surface area contributed by atoms with Crippen LogP contribution in [-0.2, 0) is 9.47 Å². The number of ether oxygens (including phenoxy) is 3. The van der Waals surface area contributed by atoms with Crippen LogP contribution in [0.5, 0.6) is 5.75 Å². The number of benzene rings is 1. The zero-order chi connectivity index (χ0) is 17.0. The van der Waals surface area contributed by atoms with E-state index >= 15 is 0 Å². The Morgan fingerprint density at radius 2 is 1.64 bits per heavy atom. The minimum Gasteiger partial charge on any atom is -0.483 e. The van der Waals surface area contributed by atoms with E-state index in [0.29, 0.717) is 11.8 Å². The van der Waals surface area contributed by atoms with Crippen molar-refractivity contribution in [1.82, 2.24) is 0 Å². The summed E-state index contributed by atoms with van der Waals surface area (Å²) in [6, 6.07) is 6.02. The maximum Gasteiger partial charge on any atom is 0.164 e. The van der Waals surface area contributed by atoms with Gasteiger partial charge in [0, 0.05) is 23.1 Å². The van der Waals surface area contributed by atoms with Crippen LogP contribution in [0.25, 0.3) is 0 Å². The van der Waals surface area contributed by atoms with Gasteiger partial charge in [0.25, 0.3) is 0 Å². The molecule has 0 aromatic heterocycles. The molecule has 4 nitrogen and oxygen atoms in total. The summed E-state index contributed by atoms with van der Waals surface area (Å²) in [5.74, 6) is 3.30. The number of anilines is 1. The number of hydrogen-bond donors (Lipinski definition) is 1. The molecule has 4 aliphatic carbocycles. The van der Waals surface area contributed by atoms with E-state index in [1.807, 2.05) is 26.0 Å². The predicted octanol–water partition coefficient (Wildman–Crippen LogP) is 4.05. The summed E-state index contributed by atoms with van der Waals surface area (Å²) in [6.07, 6.45) is 6.43. The van der Waals surface area contributed by atoms with Crippen molar-refractivity contribution in [3.8, 4) is 5.75 Å². The molecule has 0 unspecified atom stereocenters. The molecule has 4 heteroatoms. The Balaban J connectivity index is 1.54. The molecule has 7 rings (SSSR count). The van der Waals surface area contributed by atoms with E-state index in [-0.39, 0.29) is 17.8 Å². The molecule has 6 aliphatic rings. The van der Waals surface area contributed by atoms with Gasteiger partial charge in [0.1, 0.15) is 23.6 Å². The standard InChI is InChI=1S/C21H27NO3/c1-20(2)24-18-17-15(22)4-3-5-16(17)23-21(19(18)25-20)13-7-11-6-12(9-13)10-14(21)8-11/h3-5,11-14,18-19H,6-10,22H2,1-2H3/t11?,12?,13?,14?,18-,19-,21?/m1/s1.